The fourth-order valence-corrected chi connectivity index (χ4v) is 2.38. The first kappa shape index (κ1) is 12.3. The van der Waals surface area contributed by atoms with Crippen LogP contribution in [0.4, 0.5) is 4.39 Å². The molecule has 1 aromatic carbocycles. The highest BCUT2D eigenvalue weighted by Crippen LogP contribution is 2.32. The van der Waals surface area contributed by atoms with E-state index in [0.29, 0.717) is 11.7 Å². The van der Waals surface area contributed by atoms with Crippen molar-refractivity contribution in [1.82, 2.24) is 10.6 Å². The summed E-state index contributed by atoms with van der Waals surface area (Å²) in [6, 6.07) is 5.21. The maximum absolute atomic E-state index is 13.5. The molecule has 3 N–H and O–H groups in total. The van der Waals surface area contributed by atoms with Gasteiger partial charge in [-0.3, -0.25) is 0 Å². The SMILES string of the molecule is OCCNC(=S)NC1CCc2c(F)cccc21. The van der Waals surface area contributed by atoms with Crippen LogP contribution in [0.1, 0.15) is 23.6 Å². The zero-order valence-electron chi connectivity index (χ0n) is 9.37. The molecule has 1 aliphatic carbocycles. The smallest absolute Gasteiger partial charge is 0.166 e. The summed E-state index contributed by atoms with van der Waals surface area (Å²) in [5.74, 6) is -0.138. The molecule has 17 heavy (non-hydrogen) atoms. The Bertz CT molecular complexity index is 425. The van der Waals surface area contributed by atoms with Gasteiger partial charge < -0.3 is 15.7 Å². The van der Waals surface area contributed by atoms with E-state index in [1.54, 1.807) is 6.07 Å². The number of benzene rings is 1. The summed E-state index contributed by atoms with van der Waals surface area (Å²) in [6.07, 6.45) is 1.58. The number of thiocarbonyl (C=S) groups is 1. The van der Waals surface area contributed by atoms with Crippen LogP contribution < -0.4 is 10.6 Å². The molecule has 3 nitrogen and oxygen atoms in total. The maximum Gasteiger partial charge on any atom is 0.166 e. The number of fused-ring (bicyclic) bond motifs is 1. The standard InChI is InChI=1S/C12H15FN2OS/c13-10-3-1-2-9-8(10)4-5-11(9)15-12(17)14-6-7-16/h1-3,11,16H,4-7H2,(H2,14,15,17). The second-order valence-electron chi connectivity index (χ2n) is 4.02. The molecule has 1 unspecified atom stereocenters. The van der Waals surface area contributed by atoms with Crippen molar-refractivity contribution in [2.24, 2.45) is 0 Å². The summed E-state index contributed by atoms with van der Waals surface area (Å²) < 4.78 is 13.5. The van der Waals surface area contributed by atoms with Crippen LogP contribution in [-0.2, 0) is 6.42 Å². The van der Waals surface area contributed by atoms with Crippen LogP contribution in [0.25, 0.3) is 0 Å². The lowest BCUT2D eigenvalue weighted by molar-refractivity contribution is 0.300. The number of nitrogens with one attached hydrogen (secondary N) is 2. The van der Waals surface area contributed by atoms with Crippen molar-refractivity contribution in [3.8, 4) is 0 Å². The Labute approximate surface area is 105 Å². The number of hydrogen-bond donors (Lipinski definition) is 3. The summed E-state index contributed by atoms with van der Waals surface area (Å²) in [4.78, 5) is 0. The second-order valence-corrected chi connectivity index (χ2v) is 4.43. The van der Waals surface area contributed by atoms with Gasteiger partial charge in [0.25, 0.3) is 0 Å². The molecule has 0 radical (unpaired) electrons. The van der Waals surface area contributed by atoms with Crippen molar-refractivity contribution in [1.29, 1.82) is 0 Å². The summed E-state index contributed by atoms with van der Waals surface area (Å²) >= 11 is 5.09. The predicted molar refractivity (Wildman–Crippen MR) is 68.3 cm³/mol. The van der Waals surface area contributed by atoms with Crippen molar-refractivity contribution in [3.05, 3.63) is 35.1 Å². The van der Waals surface area contributed by atoms with Crippen LogP contribution >= 0.6 is 12.2 Å². The third-order valence-corrected chi connectivity index (χ3v) is 3.18. The highest BCUT2D eigenvalue weighted by molar-refractivity contribution is 7.80. The van der Waals surface area contributed by atoms with Crippen molar-refractivity contribution >= 4 is 17.3 Å². The number of hydrogen-bond acceptors (Lipinski definition) is 2. The molecule has 0 amide bonds. The van der Waals surface area contributed by atoms with Crippen molar-refractivity contribution in [3.63, 3.8) is 0 Å². The molecule has 0 aliphatic heterocycles. The highest BCUT2D eigenvalue weighted by Gasteiger charge is 2.24. The average molecular weight is 254 g/mol. The Morgan fingerprint density at radius 1 is 1.53 bits per heavy atom. The highest BCUT2D eigenvalue weighted by atomic mass is 32.1. The molecular weight excluding hydrogens is 239 g/mol. The monoisotopic (exact) mass is 254 g/mol. The van der Waals surface area contributed by atoms with Crippen LogP contribution in [0.15, 0.2) is 18.2 Å². The summed E-state index contributed by atoms with van der Waals surface area (Å²) in [5.41, 5.74) is 1.77. The number of aliphatic hydroxyl groups is 1. The number of rotatable bonds is 3. The molecule has 0 saturated carbocycles. The van der Waals surface area contributed by atoms with Gasteiger partial charge in [-0.05, 0) is 42.3 Å². The second kappa shape index (κ2) is 5.42. The van der Waals surface area contributed by atoms with E-state index in [1.807, 2.05) is 6.07 Å². The predicted octanol–water partition coefficient (Wildman–Crippen LogP) is 1.27. The lowest BCUT2D eigenvalue weighted by atomic mass is 10.1. The summed E-state index contributed by atoms with van der Waals surface area (Å²) in [7, 11) is 0. The van der Waals surface area contributed by atoms with Gasteiger partial charge in [-0.15, -0.1) is 0 Å². The Morgan fingerprint density at radius 2 is 2.35 bits per heavy atom. The van der Waals surface area contributed by atoms with Crippen molar-refractivity contribution in [2.45, 2.75) is 18.9 Å². The van der Waals surface area contributed by atoms with E-state index in [-0.39, 0.29) is 18.5 Å². The Kier molecular flexibility index (Phi) is 3.91. The summed E-state index contributed by atoms with van der Waals surface area (Å²) in [5, 5.41) is 15.2. The van der Waals surface area contributed by atoms with Gasteiger partial charge in [-0.1, -0.05) is 12.1 Å². The fraction of sp³-hybridized carbons (Fsp3) is 0.417. The average Bonchev–Trinajstić information content (AvgIpc) is 2.71. The molecule has 92 valence electrons. The fourth-order valence-electron chi connectivity index (χ4n) is 2.14. The molecule has 0 fully saturated rings. The molecule has 1 aliphatic rings. The first-order valence-electron chi connectivity index (χ1n) is 5.65. The van der Waals surface area contributed by atoms with E-state index in [1.165, 1.54) is 6.07 Å². The minimum Gasteiger partial charge on any atom is -0.395 e. The molecule has 2 rings (SSSR count). The molecule has 0 spiro atoms. The Hall–Kier alpha value is -1.20. The zero-order chi connectivity index (χ0) is 12.3. The van der Waals surface area contributed by atoms with Gasteiger partial charge >= 0.3 is 0 Å². The topological polar surface area (TPSA) is 44.3 Å². The van der Waals surface area contributed by atoms with Crippen LogP contribution in [0, 0.1) is 5.82 Å². The molecule has 0 bridgehead atoms. The molecule has 0 saturated heterocycles. The number of aliphatic hydroxyl groups excluding tert-OH is 1. The normalized spacial score (nSPS) is 17.6. The molecule has 5 heteroatoms. The third-order valence-electron chi connectivity index (χ3n) is 2.92. The van der Waals surface area contributed by atoms with E-state index in [4.69, 9.17) is 17.3 Å². The lowest BCUT2D eigenvalue weighted by Crippen LogP contribution is -2.38. The van der Waals surface area contributed by atoms with Crippen LogP contribution in [0.2, 0.25) is 0 Å². The van der Waals surface area contributed by atoms with Crippen molar-refractivity contribution < 1.29 is 9.50 Å². The van der Waals surface area contributed by atoms with Gasteiger partial charge in [0.1, 0.15) is 5.82 Å². The van der Waals surface area contributed by atoms with E-state index in [9.17, 15) is 4.39 Å². The maximum atomic E-state index is 13.5. The molecule has 0 aromatic heterocycles. The zero-order valence-corrected chi connectivity index (χ0v) is 10.2. The first-order chi connectivity index (χ1) is 8.22. The van der Waals surface area contributed by atoms with E-state index in [2.05, 4.69) is 10.6 Å². The van der Waals surface area contributed by atoms with Crippen molar-refractivity contribution in [2.75, 3.05) is 13.2 Å². The van der Waals surface area contributed by atoms with Gasteiger partial charge in [-0.2, -0.15) is 0 Å². The van der Waals surface area contributed by atoms with E-state index >= 15 is 0 Å². The Balaban J connectivity index is 2.02. The molecule has 1 aromatic rings. The van der Waals surface area contributed by atoms with E-state index in [0.717, 1.165) is 24.0 Å². The van der Waals surface area contributed by atoms with Crippen LogP contribution in [0.5, 0.6) is 0 Å². The van der Waals surface area contributed by atoms with Gasteiger partial charge in [0.05, 0.1) is 12.6 Å². The van der Waals surface area contributed by atoms with Gasteiger partial charge in [-0.25, -0.2) is 4.39 Å². The van der Waals surface area contributed by atoms with Crippen LogP contribution in [0.3, 0.4) is 0 Å². The third kappa shape index (κ3) is 2.73. The minimum atomic E-state index is -0.138. The molecule has 0 heterocycles. The summed E-state index contributed by atoms with van der Waals surface area (Å²) in [6.45, 7) is 0.465. The van der Waals surface area contributed by atoms with Gasteiger partial charge in [0, 0.05) is 6.54 Å². The van der Waals surface area contributed by atoms with E-state index < -0.39 is 0 Å². The minimum absolute atomic E-state index is 0.0394. The Morgan fingerprint density at radius 3 is 3.12 bits per heavy atom. The van der Waals surface area contributed by atoms with Gasteiger partial charge in [0.2, 0.25) is 0 Å². The lowest BCUT2D eigenvalue weighted by Gasteiger charge is -2.16. The first-order valence-corrected chi connectivity index (χ1v) is 6.05. The molecular formula is C12H15FN2OS. The quantitative estimate of drug-likeness (QED) is 0.711. The largest absolute Gasteiger partial charge is 0.395 e. The molecule has 1 atom stereocenters. The number of halogens is 1. The van der Waals surface area contributed by atoms with Gasteiger partial charge in [0.15, 0.2) is 5.11 Å². The van der Waals surface area contributed by atoms with Crippen LogP contribution in [-0.4, -0.2) is 23.4 Å².